The van der Waals surface area contributed by atoms with Crippen LogP contribution >= 0.6 is 0 Å². The van der Waals surface area contributed by atoms with Crippen molar-refractivity contribution in [2.45, 2.75) is 36.8 Å². The van der Waals surface area contributed by atoms with Crippen LogP contribution in [-0.4, -0.2) is 76.9 Å². The Hall–Kier alpha value is -3.00. The van der Waals surface area contributed by atoms with E-state index >= 15 is 0 Å². The van der Waals surface area contributed by atoms with E-state index < -0.39 is 20.0 Å². The SMILES string of the molecule is CN1CCC2CC2C1.Nc1cccc2c([Se]C(F)(F)F)c(C#CCNC(=O)c3cnn(C4CC4)c3)nn12. The number of amides is 1. The van der Waals surface area contributed by atoms with Gasteiger partial charge in [-0.2, -0.15) is 0 Å². The maximum atomic E-state index is 13.0. The van der Waals surface area contributed by atoms with Gasteiger partial charge in [-0.25, -0.2) is 0 Å². The van der Waals surface area contributed by atoms with E-state index in [0.717, 1.165) is 24.7 Å². The number of nitrogens with two attached hydrogens (primary N) is 1. The molecule has 0 spiro atoms. The van der Waals surface area contributed by atoms with Crippen LogP contribution in [0.25, 0.3) is 5.52 Å². The summed E-state index contributed by atoms with van der Waals surface area (Å²) in [6, 6.07) is 5.01. The Kier molecular flexibility index (Phi) is 7.21. The van der Waals surface area contributed by atoms with Crippen molar-refractivity contribution in [1.82, 2.24) is 29.6 Å². The van der Waals surface area contributed by atoms with Gasteiger partial charge in [-0.15, -0.1) is 0 Å². The number of fused-ring (bicyclic) bond motifs is 2. The molecule has 0 aromatic carbocycles. The van der Waals surface area contributed by atoms with E-state index in [1.54, 1.807) is 23.0 Å². The van der Waals surface area contributed by atoms with Crippen LogP contribution in [0.4, 0.5) is 19.0 Å². The summed E-state index contributed by atoms with van der Waals surface area (Å²) in [4.78, 5) is 14.6. The zero-order valence-corrected chi connectivity index (χ0v) is 22.0. The number of alkyl halides is 3. The number of halogens is 3. The molecule has 8 nitrogen and oxygen atoms in total. The van der Waals surface area contributed by atoms with Crippen molar-refractivity contribution in [1.29, 1.82) is 0 Å². The molecule has 3 aliphatic rings. The van der Waals surface area contributed by atoms with Gasteiger partial charge in [0.15, 0.2) is 0 Å². The van der Waals surface area contributed by atoms with Gasteiger partial charge in [0.2, 0.25) is 0 Å². The Balaban J connectivity index is 0.000000295. The van der Waals surface area contributed by atoms with Crippen molar-refractivity contribution >= 4 is 36.7 Å². The average Bonchev–Trinajstić information content (AvgIpc) is 3.75. The van der Waals surface area contributed by atoms with Crippen LogP contribution in [0, 0.1) is 23.7 Å². The summed E-state index contributed by atoms with van der Waals surface area (Å²) in [5, 5.41) is 6.51. The van der Waals surface area contributed by atoms with Crippen LogP contribution in [-0.2, 0) is 0 Å². The van der Waals surface area contributed by atoms with Crippen LogP contribution in [0.5, 0.6) is 0 Å². The number of carbonyl (C=O) groups is 1. The summed E-state index contributed by atoms with van der Waals surface area (Å²) in [5.41, 5.74) is 6.51. The van der Waals surface area contributed by atoms with Crippen molar-refractivity contribution in [2.75, 3.05) is 32.4 Å². The van der Waals surface area contributed by atoms with Crippen LogP contribution < -0.4 is 15.5 Å². The Morgan fingerprint density at radius 3 is 2.78 bits per heavy atom. The molecule has 1 aliphatic heterocycles. The van der Waals surface area contributed by atoms with E-state index in [9.17, 15) is 18.0 Å². The molecule has 2 aliphatic carbocycles. The molecule has 2 atom stereocenters. The van der Waals surface area contributed by atoms with Crippen molar-refractivity contribution in [3.05, 3.63) is 41.9 Å². The minimum absolute atomic E-state index is 0.0102. The average molecular weight is 579 g/mol. The van der Waals surface area contributed by atoms with Gasteiger partial charge in [0.1, 0.15) is 0 Å². The molecule has 37 heavy (non-hydrogen) atoms. The summed E-state index contributed by atoms with van der Waals surface area (Å²) in [7, 11) is 2.23. The number of nitrogens with one attached hydrogen (secondary N) is 1. The van der Waals surface area contributed by atoms with E-state index in [-0.39, 0.29) is 33.9 Å². The molecule has 196 valence electrons. The molecule has 4 heterocycles. The summed E-state index contributed by atoms with van der Waals surface area (Å²) in [6.07, 6.45) is 8.27. The molecule has 2 saturated carbocycles. The first-order valence-electron chi connectivity index (χ1n) is 12.2. The number of aromatic nitrogens is 4. The van der Waals surface area contributed by atoms with Gasteiger partial charge in [-0.3, -0.25) is 0 Å². The Morgan fingerprint density at radius 2 is 2.08 bits per heavy atom. The molecular weight excluding hydrogens is 550 g/mol. The Morgan fingerprint density at radius 1 is 1.27 bits per heavy atom. The molecular formula is C25H28F3N7OSe. The molecule has 3 N–H and O–H groups in total. The second kappa shape index (κ2) is 10.4. The molecule has 3 fully saturated rings. The molecule has 0 bridgehead atoms. The van der Waals surface area contributed by atoms with Crippen LogP contribution in [0.3, 0.4) is 0 Å². The second-order valence-electron chi connectivity index (χ2n) is 9.70. The summed E-state index contributed by atoms with van der Waals surface area (Å²) in [5.74, 6) is 7.43. The van der Waals surface area contributed by atoms with Gasteiger partial charge in [-0.05, 0) is 38.3 Å². The fraction of sp³-hybridized carbons (Fsp3) is 0.480. The standard InChI is InChI=1S/C18H15F3N6OSe.C7H13N/c19-18(20,21)29-16-13(25-27-14(16)4-1-5-15(27)22)3-2-8-23-17(28)11-9-24-26(10-11)12-6-7-12;1-8-3-2-6-4-7(6)5-8/h1,4-5,9-10,12H,6-8,22H2,(H,23,28);6-7H,2-5H2,1H3. The quantitative estimate of drug-likeness (QED) is 0.365. The fourth-order valence-electron chi connectivity index (χ4n) is 4.48. The van der Waals surface area contributed by atoms with Crippen molar-refractivity contribution in [3.8, 4) is 11.8 Å². The first-order chi connectivity index (χ1) is 17.7. The molecule has 12 heteroatoms. The van der Waals surface area contributed by atoms with Gasteiger partial charge in [0, 0.05) is 6.54 Å². The number of carbonyl (C=O) groups excluding carboxylic acids is 1. The number of likely N-dealkylation sites (tertiary alicyclic amines) is 1. The van der Waals surface area contributed by atoms with Crippen LogP contribution in [0.1, 0.15) is 47.8 Å². The van der Waals surface area contributed by atoms with E-state index in [1.165, 1.54) is 42.7 Å². The molecule has 3 aromatic rings. The number of nitrogens with zero attached hydrogens (tertiary/aromatic N) is 5. The van der Waals surface area contributed by atoms with Gasteiger partial charge < -0.3 is 4.90 Å². The topological polar surface area (TPSA) is 93.5 Å². The van der Waals surface area contributed by atoms with Crippen molar-refractivity contribution in [3.63, 3.8) is 0 Å². The summed E-state index contributed by atoms with van der Waals surface area (Å²) >= 11 is -1.83. The molecule has 1 saturated heterocycles. The molecule has 0 radical (unpaired) electrons. The van der Waals surface area contributed by atoms with E-state index in [0.29, 0.717) is 11.6 Å². The van der Waals surface area contributed by atoms with Gasteiger partial charge in [0.05, 0.1) is 0 Å². The molecule has 1 amide bonds. The fourth-order valence-corrected chi connectivity index (χ4v) is 5.90. The van der Waals surface area contributed by atoms with Gasteiger partial charge in [-0.1, -0.05) is 0 Å². The van der Waals surface area contributed by atoms with Crippen LogP contribution in [0.2, 0.25) is 0 Å². The third kappa shape index (κ3) is 6.47. The molecule has 2 unspecified atom stereocenters. The normalized spacial score (nSPS) is 20.9. The zero-order chi connectivity index (χ0) is 26.2. The third-order valence-corrected chi connectivity index (χ3v) is 8.44. The van der Waals surface area contributed by atoms with E-state index in [2.05, 4.69) is 39.3 Å². The number of piperidine rings is 1. The second-order valence-corrected chi connectivity index (χ2v) is 12.0. The summed E-state index contributed by atoms with van der Waals surface area (Å²) < 4.78 is 42.1. The number of rotatable bonds is 4. The minimum atomic E-state index is -4.35. The van der Waals surface area contributed by atoms with Crippen molar-refractivity contribution < 1.29 is 18.0 Å². The predicted molar refractivity (Wildman–Crippen MR) is 134 cm³/mol. The molecule has 6 rings (SSSR count). The first kappa shape index (κ1) is 25.6. The van der Waals surface area contributed by atoms with Gasteiger partial charge >= 0.3 is 169 Å². The number of hydrogen-bond acceptors (Lipinski definition) is 5. The number of hydrogen-bond donors (Lipinski definition) is 2. The van der Waals surface area contributed by atoms with Crippen LogP contribution in [0.15, 0.2) is 30.6 Å². The van der Waals surface area contributed by atoms with Gasteiger partial charge in [0.25, 0.3) is 0 Å². The van der Waals surface area contributed by atoms with E-state index in [4.69, 9.17) is 5.73 Å². The third-order valence-electron chi connectivity index (χ3n) is 6.68. The Bertz CT molecular complexity index is 1350. The number of anilines is 1. The predicted octanol–water partition coefficient (Wildman–Crippen LogP) is 2.04. The number of nitrogen functional groups attached to an aromatic ring is 1. The first-order valence-corrected chi connectivity index (χ1v) is 13.9. The maximum absolute atomic E-state index is 13.0. The summed E-state index contributed by atoms with van der Waals surface area (Å²) in [6.45, 7) is 2.70. The van der Waals surface area contributed by atoms with E-state index in [1.807, 2.05) is 0 Å². The monoisotopic (exact) mass is 579 g/mol. The van der Waals surface area contributed by atoms with Crippen molar-refractivity contribution in [2.24, 2.45) is 11.8 Å². The Labute approximate surface area is 218 Å². The molecule has 3 aromatic heterocycles. The zero-order valence-electron chi connectivity index (χ0n) is 20.3. The number of pyridine rings is 1.